The lowest BCUT2D eigenvalue weighted by Gasteiger charge is -2.08. The number of aryl methyl sites for hydroxylation is 1. The molecule has 5 nitrogen and oxygen atoms in total. The van der Waals surface area contributed by atoms with Crippen LogP contribution in [-0.2, 0) is 7.05 Å². The van der Waals surface area contributed by atoms with Gasteiger partial charge in [0.15, 0.2) is 0 Å². The molecule has 15 heavy (non-hydrogen) atoms. The Bertz CT molecular complexity index is 541. The van der Waals surface area contributed by atoms with Crippen molar-refractivity contribution in [3.8, 4) is 0 Å². The summed E-state index contributed by atoms with van der Waals surface area (Å²) < 4.78 is 3.12. The molecular weight excluding hydrogens is 194 g/mol. The molecule has 0 aliphatic heterocycles. The van der Waals surface area contributed by atoms with Crippen LogP contribution in [0.3, 0.4) is 0 Å². The third-order valence-corrected chi connectivity index (χ3v) is 2.60. The minimum Gasteiger partial charge on any atom is -0.394 e. The molecule has 0 aliphatic rings. The first-order valence-electron chi connectivity index (χ1n) is 4.78. The van der Waals surface area contributed by atoms with Crippen LogP contribution in [0.1, 0.15) is 13.0 Å². The van der Waals surface area contributed by atoms with Crippen LogP contribution in [0.15, 0.2) is 23.3 Å². The molecule has 2 aromatic heterocycles. The molecule has 2 heterocycles. The van der Waals surface area contributed by atoms with Crippen molar-refractivity contribution in [2.45, 2.75) is 13.0 Å². The number of pyridine rings is 1. The topological polar surface area (TPSA) is 60.1 Å². The van der Waals surface area contributed by atoms with Crippen molar-refractivity contribution < 1.29 is 5.11 Å². The molecule has 0 spiro atoms. The first-order valence-corrected chi connectivity index (χ1v) is 4.78. The molecule has 2 aromatic rings. The molecule has 1 atom stereocenters. The summed E-state index contributed by atoms with van der Waals surface area (Å²) in [6, 6.07) is 1.56. The van der Waals surface area contributed by atoms with Crippen molar-refractivity contribution in [1.29, 1.82) is 0 Å². The molecule has 0 aliphatic carbocycles. The summed E-state index contributed by atoms with van der Waals surface area (Å²) >= 11 is 0. The second-order valence-electron chi connectivity index (χ2n) is 3.61. The van der Waals surface area contributed by atoms with Gasteiger partial charge in [0.2, 0.25) is 0 Å². The van der Waals surface area contributed by atoms with Gasteiger partial charge in [-0.25, -0.2) is 4.79 Å². The van der Waals surface area contributed by atoms with Crippen molar-refractivity contribution in [1.82, 2.24) is 14.1 Å². The predicted octanol–water partition coefficient (Wildman–Crippen LogP) is 0.288. The maximum absolute atomic E-state index is 11.9. The monoisotopic (exact) mass is 207 g/mol. The highest BCUT2D eigenvalue weighted by Gasteiger charge is 2.14. The summed E-state index contributed by atoms with van der Waals surface area (Å²) in [5.74, 6) is 0. The van der Waals surface area contributed by atoms with Gasteiger partial charge in [-0.3, -0.25) is 14.1 Å². The van der Waals surface area contributed by atoms with E-state index in [-0.39, 0.29) is 18.3 Å². The summed E-state index contributed by atoms with van der Waals surface area (Å²) in [6.07, 6.45) is 3.29. The van der Waals surface area contributed by atoms with Crippen LogP contribution in [0.4, 0.5) is 0 Å². The number of imidazole rings is 1. The van der Waals surface area contributed by atoms with Gasteiger partial charge in [0.1, 0.15) is 0 Å². The smallest absolute Gasteiger partial charge is 0.329 e. The van der Waals surface area contributed by atoms with Crippen molar-refractivity contribution in [3.63, 3.8) is 0 Å². The van der Waals surface area contributed by atoms with E-state index in [0.29, 0.717) is 0 Å². The van der Waals surface area contributed by atoms with E-state index in [1.807, 2.05) is 0 Å². The van der Waals surface area contributed by atoms with Gasteiger partial charge in [-0.15, -0.1) is 0 Å². The summed E-state index contributed by atoms with van der Waals surface area (Å²) in [5.41, 5.74) is 1.46. The van der Waals surface area contributed by atoms with E-state index in [2.05, 4.69) is 4.98 Å². The van der Waals surface area contributed by atoms with Gasteiger partial charge in [0, 0.05) is 13.2 Å². The van der Waals surface area contributed by atoms with E-state index in [9.17, 15) is 4.79 Å². The molecule has 2 rings (SSSR count). The van der Waals surface area contributed by atoms with Crippen LogP contribution in [0.2, 0.25) is 0 Å². The highest BCUT2D eigenvalue weighted by molar-refractivity contribution is 5.74. The number of aliphatic hydroxyl groups is 1. The molecule has 0 saturated carbocycles. The van der Waals surface area contributed by atoms with E-state index < -0.39 is 0 Å². The van der Waals surface area contributed by atoms with Crippen LogP contribution >= 0.6 is 0 Å². The standard InChI is InChI=1S/C10H13N3O2/c1-7(6-14)13-9-5-11-4-3-8(9)12(2)10(13)15/h3-5,7,14H,6H2,1-2H3. The Balaban J connectivity index is 2.84. The molecule has 0 aromatic carbocycles. The van der Waals surface area contributed by atoms with Gasteiger partial charge in [0.05, 0.1) is 29.9 Å². The molecule has 5 heteroatoms. The fourth-order valence-corrected chi connectivity index (χ4v) is 1.72. The molecule has 1 unspecified atom stereocenters. The predicted molar refractivity (Wildman–Crippen MR) is 56.8 cm³/mol. The Morgan fingerprint density at radius 2 is 2.27 bits per heavy atom. The third-order valence-electron chi connectivity index (χ3n) is 2.60. The minimum atomic E-state index is -0.231. The van der Waals surface area contributed by atoms with E-state index in [1.165, 1.54) is 0 Å². The lowest BCUT2D eigenvalue weighted by Crippen LogP contribution is -2.26. The number of aromatic nitrogens is 3. The Hall–Kier alpha value is -1.62. The van der Waals surface area contributed by atoms with Gasteiger partial charge < -0.3 is 5.11 Å². The highest BCUT2D eigenvalue weighted by Crippen LogP contribution is 2.14. The van der Waals surface area contributed by atoms with Crippen molar-refractivity contribution >= 4 is 11.0 Å². The summed E-state index contributed by atoms with van der Waals surface area (Å²) in [7, 11) is 1.71. The molecule has 0 fully saturated rings. The Morgan fingerprint density at radius 1 is 1.53 bits per heavy atom. The maximum atomic E-state index is 11.9. The maximum Gasteiger partial charge on any atom is 0.329 e. The van der Waals surface area contributed by atoms with Gasteiger partial charge in [-0.05, 0) is 13.0 Å². The molecule has 0 bridgehead atoms. The summed E-state index contributed by atoms with van der Waals surface area (Å²) in [6.45, 7) is 1.74. The number of hydrogen-bond donors (Lipinski definition) is 1. The van der Waals surface area contributed by atoms with Gasteiger partial charge in [-0.1, -0.05) is 0 Å². The number of rotatable bonds is 2. The lowest BCUT2D eigenvalue weighted by molar-refractivity contribution is 0.238. The third kappa shape index (κ3) is 1.35. The van der Waals surface area contributed by atoms with E-state index in [4.69, 9.17) is 5.11 Å². The van der Waals surface area contributed by atoms with Crippen LogP contribution in [-0.4, -0.2) is 25.8 Å². The number of nitrogens with zero attached hydrogens (tertiary/aromatic N) is 3. The van der Waals surface area contributed by atoms with Crippen molar-refractivity contribution in [3.05, 3.63) is 28.9 Å². The van der Waals surface area contributed by atoms with Gasteiger partial charge >= 0.3 is 5.69 Å². The lowest BCUT2D eigenvalue weighted by atomic mass is 10.3. The Kier molecular flexibility index (Phi) is 2.32. The van der Waals surface area contributed by atoms with Crippen molar-refractivity contribution in [2.75, 3.05) is 6.61 Å². The van der Waals surface area contributed by atoms with Crippen molar-refractivity contribution in [2.24, 2.45) is 7.05 Å². The van der Waals surface area contributed by atoms with E-state index >= 15 is 0 Å². The molecule has 0 radical (unpaired) electrons. The average molecular weight is 207 g/mol. The van der Waals surface area contributed by atoms with E-state index in [1.54, 1.807) is 41.6 Å². The van der Waals surface area contributed by atoms with Crippen LogP contribution in [0.5, 0.6) is 0 Å². The summed E-state index contributed by atoms with van der Waals surface area (Å²) in [4.78, 5) is 15.9. The zero-order valence-electron chi connectivity index (χ0n) is 8.71. The van der Waals surface area contributed by atoms with E-state index in [0.717, 1.165) is 11.0 Å². The quantitative estimate of drug-likeness (QED) is 0.769. The second kappa shape index (κ2) is 3.51. The number of hydrogen-bond acceptors (Lipinski definition) is 3. The summed E-state index contributed by atoms with van der Waals surface area (Å²) in [5, 5.41) is 9.09. The molecule has 0 amide bonds. The second-order valence-corrected chi connectivity index (χ2v) is 3.61. The fraction of sp³-hybridized carbons (Fsp3) is 0.400. The molecule has 80 valence electrons. The molecule has 1 N–H and O–H groups in total. The normalized spacial score (nSPS) is 13.3. The number of aliphatic hydroxyl groups excluding tert-OH is 1. The number of fused-ring (bicyclic) bond motifs is 1. The Labute approximate surface area is 86.6 Å². The molecular formula is C10H13N3O2. The Morgan fingerprint density at radius 3 is 2.93 bits per heavy atom. The van der Waals surface area contributed by atoms with Gasteiger partial charge in [-0.2, -0.15) is 0 Å². The van der Waals surface area contributed by atoms with Crippen LogP contribution in [0, 0.1) is 0 Å². The fourth-order valence-electron chi connectivity index (χ4n) is 1.72. The first kappa shape index (κ1) is 9.92. The SMILES string of the molecule is CC(CO)n1c(=O)n(C)c2ccncc21. The first-order chi connectivity index (χ1) is 7.16. The minimum absolute atomic E-state index is 0.0616. The zero-order chi connectivity index (χ0) is 11.0. The molecule has 0 saturated heterocycles. The largest absolute Gasteiger partial charge is 0.394 e. The zero-order valence-corrected chi connectivity index (χ0v) is 8.71. The van der Waals surface area contributed by atoms with Crippen LogP contribution < -0.4 is 5.69 Å². The average Bonchev–Trinajstić information content (AvgIpc) is 2.52. The highest BCUT2D eigenvalue weighted by atomic mass is 16.3. The van der Waals surface area contributed by atoms with Crippen LogP contribution in [0.25, 0.3) is 11.0 Å². The van der Waals surface area contributed by atoms with Gasteiger partial charge in [0.25, 0.3) is 0 Å².